The van der Waals surface area contributed by atoms with Crippen LogP contribution in [0.25, 0.3) is 0 Å². The molecule has 4 N–H and O–H groups in total. The summed E-state index contributed by atoms with van der Waals surface area (Å²) < 4.78 is 1.11. The number of anilines is 2. The fourth-order valence-corrected chi connectivity index (χ4v) is 3.94. The standard InChI is InChI=1S/C12H22N10S4.Ni/c23-11-19-17-9(25-11)21-5-13-1-2-14-6-22(8-16-4-3-15-7-21)10-18-20-12(24)26-10;/h13-16H,1-8H2,(H,19,23)(H,20,24);/q;+2/p-2. The summed E-state index contributed by atoms with van der Waals surface area (Å²) in [5.41, 5.74) is 0. The first-order valence-electron chi connectivity index (χ1n) is 8.06. The topological polar surface area (TPSA) is 106 Å². The predicted molar refractivity (Wildman–Crippen MR) is 108 cm³/mol. The van der Waals surface area contributed by atoms with E-state index in [2.05, 4.69) is 51.5 Å². The summed E-state index contributed by atoms with van der Waals surface area (Å²) in [4.78, 5) is 4.19. The molecular weight excluding hydrogens is 471 g/mol. The van der Waals surface area contributed by atoms with Crippen LogP contribution in [-0.2, 0) is 41.7 Å². The van der Waals surface area contributed by atoms with Crippen molar-refractivity contribution in [1.82, 2.24) is 41.7 Å². The molecular formula is C12H20N10NiS4. The Bertz CT molecular complexity index is 598. The van der Waals surface area contributed by atoms with Crippen LogP contribution in [0.15, 0.2) is 8.68 Å². The Kier molecular flexibility index (Phi) is 10.2. The van der Waals surface area contributed by atoms with Gasteiger partial charge in [-0.05, 0) is 8.68 Å². The molecule has 0 aromatic carbocycles. The second kappa shape index (κ2) is 12.1. The van der Waals surface area contributed by atoms with Crippen molar-refractivity contribution in [3.05, 3.63) is 0 Å². The van der Waals surface area contributed by atoms with Gasteiger partial charge in [-0.25, -0.2) is 0 Å². The van der Waals surface area contributed by atoms with Crippen LogP contribution in [0.5, 0.6) is 0 Å². The van der Waals surface area contributed by atoms with Crippen molar-refractivity contribution in [3.63, 3.8) is 0 Å². The Hall–Kier alpha value is -0.506. The quantitative estimate of drug-likeness (QED) is 0.297. The van der Waals surface area contributed by atoms with Crippen molar-refractivity contribution in [2.45, 2.75) is 8.68 Å². The molecule has 0 radical (unpaired) electrons. The van der Waals surface area contributed by atoms with Crippen LogP contribution in [0.1, 0.15) is 0 Å². The molecule has 3 rings (SSSR count). The van der Waals surface area contributed by atoms with Crippen LogP contribution in [0.3, 0.4) is 0 Å². The van der Waals surface area contributed by atoms with Gasteiger partial charge in [0.05, 0.1) is 26.7 Å². The molecule has 1 fully saturated rings. The molecule has 10 nitrogen and oxygen atoms in total. The second-order valence-corrected chi connectivity index (χ2v) is 8.62. The zero-order chi connectivity index (χ0) is 18.2. The summed E-state index contributed by atoms with van der Waals surface area (Å²) in [6.45, 7) is 5.97. The number of aromatic nitrogens is 4. The smallest absolute Gasteiger partial charge is 0.406 e. The fraction of sp³-hybridized carbons (Fsp3) is 0.667. The largest absolute Gasteiger partial charge is 2.00 e. The normalized spacial score (nSPS) is 17.9. The van der Waals surface area contributed by atoms with Gasteiger partial charge in [-0.3, -0.25) is 21.3 Å². The third-order valence-corrected chi connectivity index (χ3v) is 5.72. The summed E-state index contributed by atoms with van der Waals surface area (Å²) >= 11 is 13.0. The SMILES string of the molecule is [Ni+2].[S-]c1nnc(N2CNCCNCN(c3nnc([S-])s3)CNCCNC2)s1. The van der Waals surface area contributed by atoms with Gasteiger partial charge in [-0.15, -0.1) is 10.2 Å². The van der Waals surface area contributed by atoms with E-state index < -0.39 is 0 Å². The van der Waals surface area contributed by atoms with Crippen molar-refractivity contribution in [3.8, 4) is 0 Å². The van der Waals surface area contributed by atoms with Crippen molar-refractivity contribution in [2.75, 3.05) is 62.7 Å². The number of nitrogens with one attached hydrogen (secondary N) is 4. The molecule has 27 heavy (non-hydrogen) atoms. The van der Waals surface area contributed by atoms with Gasteiger partial charge in [-0.2, -0.15) is 10.2 Å². The Morgan fingerprint density at radius 3 is 1.22 bits per heavy atom. The fourth-order valence-electron chi connectivity index (χ4n) is 2.25. The maximum absolute atomic E-state index is 5.07. The van der Waals surface area contributed by atoms with Gasteiger partial charge in [0.2, 0.25) is 0 Å². The Morgan fingerprint density at radius 2 is 0.963 bits per heavy atom. The van der Waals surface area contributed by atoms with E-state index in [1.807, 2.05) is 0 Å². The molecule has 15 heteroatoms. The summed E-state index contributed by atoms with van der Waals surface area (Å²) in [5, 5.41) is 31.4. The van der Waals surface area contributed by atoms with Gasteiger partial charge < -0.3 is 57.7 Å². The molecule has 0 bridgehead atoms. The Balaban J connectivity index is 0.00000261. The van der Waals surface area contributed by atoms with Crippen LogP contribution in [0.2, 0.25) is 0 Å². The average molecular weight is 491 g/mol. The minimum absolute atomic E-state index is 0. The molecule has 0 amide bonds. The molecule has 0 atom stereocenters. The van der Waals surface area contributed by atoms with E-state index in [4.69, 9.17) is 25.3 Å². The van der Waals surface area contributed by atoms with E-state index in [1.165, 1.54) is 22.7 Å². The van der Waals surface area contributed by atoms with Gasteiger partial charge in [0.15, 0.2) is 0 Å². The van der Waals surface area contributed by atoms with E-state index in [1.54, 1.807) is 0 Å². The number of rotatable bonds is 2. The van der Waals surface area contributed by atoms with E-state index in [0.717, 1.165) is 36.4 Å². The second-order valence-electron chi connectivity index (χ2n) is 5.41. The van der Waals surface area contributed by atoms with Crippen molar-refractivity contribution in [2.24, 2.45) is 0 Å². The third-order valence-electron chi connectivity index (χ3n) is 3.50. The van der Waals surface area contributed by atoms with Crippen LogP contribution in [0, 0.1) is 0 Å². The van der Waals surface area contributed by atoms with Gasteiger partial charge in [0.1, 0.15) is 10.3 Å². The molecule has 0 aliphatic carbocycles. The first-order chi connectivity index (χ1) is 12.7. The molecule has 0 spiro atoms. The number of hydrogen-bond acceptors (Lipinski definition) is 14. The number of hydrogen-bond donors (Lipinski definition) is 4. The monoisotopic (exact) mass is 490 g/mol. The molecule has 152 valence electrons. The third kappa shape index (κ3) is 7.44. The van der Waals surface area contributed by atoms with Crippen molar-refractivity contribution >= 4 is 58.2 Å². The van der Waals surface area contributed by atoms with E-state index in [-0.39, 0.29) is 16.5 Å². The molecule has 2 aromatic rings. The van der Waals surface area contributed by atoms with Crippen molar-refractivity contribution < 1.29 is 16.5 Å². The molecule has 1 aliphatic heterocycles. The van der Waals surface area contributed by atoms with Gasteiger partial charge in [0.25, 0.3) is 0 Å². The Labute approximate surface area is 187 Å². The molecule has 0 unspecified atom stereocenters. The first-order valence-corrected chi connectivity index (χ1v) is 10.5. The minimum atomic E-state index is 0. The molecule has 2 aromatic heterocycles. The van der Waals surface area contributed by atoms with Crippen LogP contribution in [-0.4, -0.2) is 73.2 Å². The Morgan fingerprint density at radius 1 is 0.630 bits per heavy atom. The molecule has 1 aliphatic rings. The molecule has 1 saturated heterocycles. The van der Waals surface area contributed by atoms with Gasteiger partial charge >= 0.3 is 16.5 Å². The minimum Gasteiger partial charge on any atom is -0.406 e. The van der Waals surface area contributed by atoms with E-state index in [0.29, 0.717) is 35.4 Å². The maximum Gasteiger partial charge on any atom is 2.00 e. The molecule has 0 saturated carbocycles. The summed E-state index contributed by atoms with van der Waals surface area (Å²) in [6, 6.07) is 0. The predicted octanol–water partition coefficient (Wildman–Crippen LogP) is -1.29. The van der Waals surface area contributed by atoms with Crippen LogP contribution in [0.4, 0.5) is 10.3 Å². The number of nitrogens with zero attached hydrogens (tertiary/aromatic N) is 6. The van der Waals surface area contributed by atoms with Crippen LogP contribution < -0.4 is 31.1 Å². The zero-order valence-corrected chi connectivity index (χ0v) is 18.5. The first kappa shape index (κ1) is 22.8. The van der Waals surface area contributed by atoms with Gasteiger partial charge in [-0.1, -0.05) is 0 Å². The van der Waals surface area contributed by atoms with Crippen LogP contribution >= 0.6 is 22.7 Å². The molecule has 3 heterocycles. The maximum atomic E-state index is 5.07. The average Bonchev–Trinajstić information content (AvgIpc) is 3.25. The van der Waals surface area contributed by atoms with Crippen molar-refractivity contribution in [1.29, 1.82) is 0 Å². The summed E-state index contributed by atoms with van der Waals surface area (Å²) in [7, 11) is 0. The van der Waals surface area contributed by atoms with E-state index in [9.17, 15) is 0 Å². The zero-order valence-electron chi connectivity index (χ0n) is 14.3. The van der Waals surface area contributed by atoms with E-state index >= 15 is 0 Å². The van der Waals surface area contributed by atoms with Gasteiger partial charge in [0, 0.05) is 26.2 Å². The summed E-state index contributed by atoms with van der Waals surface area (Å²) in [6.07, 6.45) is 0. The summed E-state index contributed by atoms with van der Waals surface area (Å²) in [5.74, 6) is 0.